The molecule has 0 aromatic carbocycles. The standard InChI is InChI=1S/C14H21N3O3S/c1-3-17(4-2)14(18)13-6-5-11(9-15-13)16-12-7-8-21(19,20)10-12/h5-6,9,12,16H,3-4,7-8,10H2,1-2H3. The van der Waals surface area contributed by atoms with E-state index in [0.29, 0.717) is 25.2 Å². The Kier molecular flexibility index (Phi) is 4.82. The number of pyridine rings is 1. The van der Waals surface area contributed by atoms with Crippen LogP contribution in [0.25, 0.3) is 0 Å². The number of rotatable bonds is 5. The average Bonchev–Trinajstić information content (AvgIpc) is 2.80. The van der Waals surface area contributed by atoms with Gasteiger partial charge in [-0.1, -0.05) is 0 Å². The van der Waals surface area contributed by atoms with Gasteiger partial charge in [0.25, 0.3) is 5.91 Å². The lowest BCUT2D eigenvalue weighted by Gasteiger charge is -2.18. The Hall–Kier alpha value is -1.63. The maximum Gasteiger partial charge on any atom is 0.272 e. The molecule has 1 aromatic heterocycles. The highest BCUT2D eigenvalue weighted by atomic mass is 32.2. The molecule has 0 saturated carbocycles. The molecule has 0 bridgehead atoms. The molecule has 7 heteroatoms. The van der Waals surface area contributed by atoms with E-state index in [1.165, 1.54) is 0 Å². The van der Waals surface area contributed by atoms with Crippen LogP contribution in [-0.4, -0.2) is 54.8 Å². The van der Waals surface area contributed by atoms with E-state index >= 15 is 0 Å². The van der Waals surface area contributed by atoms with Gasteiger partial charge in [-0.25, -0.2) is 13.4 Å². The molecule has 0 aliphatic carbocycles. The molecular formula is C14H21N3O3S. The number of carbonyl (C=O) groups excluding carboxylic acids is 1. The smallest absolute Gasteiger partial charge is 0.272 e. The number of amides is 1. The predicted molar refractivity (Wildman–Crippen MR) is 82.2 cm³/mol. The van der Waals surface area contributed by atoms with Gasteiger partial charge < -0.3 is 10.2 Å². The lowest BCUT2D eigenvalue weighted by molar-refractivity contribution is 0.0767. The van der Waals surface area contributed by atoms with Crippen LogP contribution >= 0.6 is 0 Å². The lowest BCUT2D eigenvalue weighted by Crippen LogP contribution is -2.31. The second-order valence-corrected chi connectivity index (χ2v) is 7.38. The average molecular weight is 311 g/mol. The summed E-state index contributed by atoms with van der Waals surface area (Å²) in [5.74, 6) is 0.305. The fourth-order valence-corrected chi connectivity index (χ4v) is 4.10. The fraction of sp³-hybridized carbons (Fsp3) is 0.571. The van der Waals surface area contributed by atoms with Gasteiger partial charge in [-0.05, 0) is 32.4 Å². The Morgan fingerprint density at radius 2 is 2.10 bits per heavy atom. The number of carbonyl (C=O) groups is 1. The summed E-state index contributed by atoms with van der Waals surface area (Å²) in [7, 11) is -2.90. The van der Waals surface area contributed by atoms with Gasteiger partial charge in [0.05, 0.1) is 23.4 Å². The van der Waals surface area contributed by atoms with Crippen molar-refractivity contribution in [2.75, 3.05) is 29.9 Å². The highest BCUT2D eigenvalue weighted by Crippen LogP contribution is 2.17. The molecule has 1 aliphatic heterocycles. The van der Waals surface area contributed by atoms with Gasteiger partial charge in [0, 0.05) is 19.1 Å². The van der Waals surface area contributed by atoms with E-state index in [9.17, 15) is 13.2 Å². The Bertz CT molecular complexity index is 594. The minimum Gasteiger partial charge on any atom is -0.380 e. The third-order valence-electron chi connectivity index (χ3n) is 3.64. The first-order valence-electron chi connectivity index (χ1n) is 7.17. The van der Waals surface area contributed by atoms with Gasteiger partial charge in [-0.2, -0.15) is 0 Å². The molecule has 6 nitrogen and oxygen atoms in total. The summed E-state index contributed by atoms with van der Waals surface area (Å²) >= 11 is 0. The highest BCUT2D eigenvalue weighted by molar-refractivity contribution is 7.91. The molecule has 0 spiro atoms. The second-order valence-electron chi connectivity index (χ2n) is 5.15. The first-order chi connectivity index (χ1) is 9.95. The van der Waals surface area contributed by atoms with Gasteiger partial charge in [-0.3, -0.25) is 4.79 Å². The quantitative estimate of drug-likeness (QED) is 0.883. The summed E-state index contributed by atoms with van der Waals surface area (Å²) in [5.41, 5.74) is 1.15. The molecule has 2 heterocycles. The summed E-state index contributed by atoms with van der Waals surface area (Å²) in [6, 6.07) is 3.38. The largest absolute Gasteiger partial charge is 0.380 e. The molecule has 1 amide bonds. The van der Waals surface area contributed by atoms with Crippen LogP contribution in [0.15, 0.2) is 18.3 Å². The molecule has 116 valence electrons. The van der Waals surface area contributed by atoms with E-state index in [2.05, 4.69) is 10.3 Å². The molecule has 1 unspecified atom stereocenters. The van der Waals surface area contributed by atoms with Gasteiger partial charge in [0.2, 0.25) is 0 Å². The van der Waals surface area contributed by atoms with Crippen LogP contribution in [0, 0.1) is 0 Å². The minimum atomic E-state index is -2.90. The van der Waals surface area contributed by atoms with Crippen molar-refractivity contribution in [2.24, 2.45) is 0 Å². The molecule has 1 atom stereocenters. The van der Waals surface area contributed by atoms with Gasteiger partial charge >= 0.3 is 0 Å². The van der Waals surface area contributed by atoms with E-state index in [0.717, 1.165) is 5.69 Å². The Morgan fingerprint density at radius 3 is 2.57 bits per heavy atom. The molecule has 1 aliphatic rings. The summed E-state index contributed by atoms with van der Waals surface area (Å²) in [4.78, 5) is 18.0. The van der Waals surface area contributed by atoms with Crippen molar-refractivity contribution >= 4 is 21.4 Å². The zero-order chi connectivity index (χ0) is 15.5. The van der Waals surface area contributed by atoms with E-state index in [4.69, 9.17) is 0 Å². The van der Waals surface area contributed by atoms with Crippen LogP contribution in [0.1, 0.15) is 30.8 Å². The zero-order valence-electron chi connectivity index (χ0n) is 12.4. The number of hydrogen-bond acceptors (Lipinski definition) is 5. The number of anilines is 1. The lowest BCUT2D eigenvalue weighted by atomic mass is 10.2. The maximum atomic E-state index is 12.1. The van der Waals surface area contributed by atoms with Crippen molar-refractivity contribution in [3.63, 3.8) is 0 Å². The molecule has 1 saturated heterocycles. The van der Waals surface area contributed by atoms with Crippen LogP contribution in [-0.2, 0) is 9.84 Å². The van der Waals surface area contributed by atoms with Crippen LogP contribution in [0.2, 0.25) is 0 Å². The van der Waals surface area contributed by atoms with Crippen molar-refractivity contribution in [3.05, 3.63) is 24.0 Å². The van der Waals surface area contributed by atoms with E-state index < -0.39 is 9.84 Å². The molecule has 2 rings (SSSR count). The van der Waals surface area contributed by atoms with Crippen molar-refractivity contribution in [1.82, 2.24) is 9.88 Å². The number of aromatic nitrogens is 1. The van der Waals surface area contributed by atoms with Crippen molar-refractivity contribution in [3.8, 4) is 0 Å². The Morgan fingerprint density at radius 1 is 1.38 bits per heavy atom. The maximum absolute atomic E-state index is 12.1. The van der Waals surface area contributed by atoms with Gasteiger partial charge in [0.1, 0.15) is 5.69 Å². The van der Waals surface area contributed by atoms with Gasteiger partial charge in [0.15, 0.2) is 9.84 Å². The third-order valence-corrected chi connectivity index (χ3v) is 5.40. The number of sulfone groups is 1. The Balaban J connectivity index is 2.01. The van der Waals surface area contributed by atoms with E-state index in [1.54, 1.807) is 23.2 Å². The van der Waals surface area contributed by atoms with Crippen LogP contribution in [0.4, 0.5) is 5.69 Å². The van der Waals surface area contributed by atoms with Gasteiger partial charge in [-0.15, -0.1) is 0 Å². The second kappa shape index (κ2) is 6.43. The summed E-state index contributed by atoms with van der Waals surface area (Å²) < 4.78 is 22.8. The normalized spacial score (nSPS) is 20.2. The summed E-state index contributed by atoms with van der Waals surface area (Å²) in [6.07, 6.45) is 2.20. The highest BCUT2D eigenvalue weighted by Gasteiger charge is 2.27. The molecule has 21 heavy (non-hydrogen) atoms. The SMILES string of the molecule is CCN(CC)C(=O)c1ccc(NC2CCS(=O)(=O)C2)cn1. The minimum absolute atomic E-state index is 0.0684. The van der Waals surface area contributed by atoms with Crippen molar-refractivity contribution < 1.29 is 13.2 Å². The predicted octanol–water partition coefficient (Wildman–Crippen LogP) is 1.16. The molecular weight excluding hydrogens is 290 g/mol. The molecule has 0 radical (unpaired) electrons. The molecule has 1 N–H and O–H groups in total. The zero-order valence-corrected chi connectivity index (χ0v) is 13.2. The topological polar surface area (TPSA) is 79.4 Å². The fourth-order valence-electron chi connectivity index (χ4n) is 2.42. The number of hydrogen-bond donors (Lipinski definition) is 1. The van der Waals surface area contributed by atoms with Crippen LogP contribution in [0.3, 0.4) is 0 Å². The van der Waals surface area contributed by atoms with Crippen LogP contribution in [0.5, 0.6) is 0 Å². The first-order valence-corrected chi connectivity index (χ1v) is 8.99. The Labute approximate surface area is 125 Å². The number of nitrogens with zero attached hydrogens (tertiary/aromatic N) is 2. The first kappa shape index (κ1) is 15.8. The van der Waals surface area contributed by atoms with Crippen molar-refractivity contribution in [2.45, 2.75) is 26.3 Å². The summed E-state index contributed by atoms with van der Waals surface area (Å²) in [5, 5.41) is 3.15. The van der Waals surface area contributed by atoms with E-state index in [1.807, 2.05) is 13.8 Å². The summed E-state index contributed by atoms with van der Waals surface area (Å²) in [6.45, 7) is 5.16. The molecule has 1 aromatic rings. The third kappa shape index (κ3) is 3.93. The number of nitrogens with one attached hydrogen (secondary N) is 1. The van der Waals surface area contributed by atoms with E-state index in [-0.39, 0.29) is 23.5 Å². The monoisotopic (exact) mass is 311 g/mol. The molecule has 1 fully saturated rings. The van der Waals surface area contributed by atoms with Crippen molar-refractivity contribution in [1.29, 1.82) is 0 Å². The van der Waals surface area contributed by atoms with Crippen LogP contribution < -0.4 is 5.32 Å².